The molecule has 2 heterocycles. The average Bonchev–Trinajstić information content (AvgIpc) is 2.78. The van der Waals surface area contributed by atoms with E-state index in [2.05, 4.69) is 35.0 Å². The summed E-state index contributed by atoms with van der Waals surface area (Å²) in [4.78, 5) is 8.23. The summed E-state index contributed by atoms with van der Waals surface area (Å²) in [6.45, 7) is 4.15. The lowest BCUT2D eigenvalue weighted by Crippen LogP contribution is -2.02. The summed E-state index contributed by atoms with van der Waals surface area (Å²) in [7, 11) is 0. The van der Waals surface area contributed by atoms with Crippen LogP contribution in [-0.2, 0) is 0 Å². The van der Waals surface area contributed by atoms with Crippen LogP contribution in [0.1, 0.15) is 11.1 Å². The highest BCUT2D eigenvalue weighted by atomic mass is 15.3. The van der Waals surface area contributed by atoms with Crippen LogP contribution in [0, 0.1) is 13.8 Å². The number of aryl methyl sites for hydroxylation is 1. The fraction of sp³-hybridized carbons (Fsp3) is 0.154. The lowest BCUT2D eigenvalue weighted by Gasteiger charge is -2.08. The summed E-state index contributed by atoms with van der Waals surface area (Å²) in [5.74, 6) is 0.455. The molecule has 0 aliphatic carbocycles. The molecule has 3 aromatic rings. The molecule has 0 saturated carbocycles. The van der Waals surface area contributed by atoms with E-state index in [0.717, 1.165) is 16.7 Å². The summed E-state index contributed by atoms with van der Waals surface area (Å²) in [6.07, 6.45) is 3.16. The van der Waals surface area contributed by atoms with E-state index in [4.69, 9.17) is 5.73 Å². The van der Waals surface area contributed by atoms with E-state index < -0.39 is 0 Å². The third-order valence-electron chi connectivity index (χ3n) is 3.20. The van der Waals surface area contributed by atoms with E-state index >= 15 is 0 Å². The first-order valence-corrected chi connectivity index (χ1v) is 5.69. The van der Waals surface area contributed by atoms with Crippen molar-refractivity contribution >= 4 is 16.9 Å². The monoisotopic (exact) mass is 239 g/mol. The van der Waals surface area contributed by atoms with Crippen molar-refractivity contribution < 1.29 is 0 Å². The zero-order chi connectivity index (χ0) is 12.7. The summed E-state index contributed by atoms with van der Waals surface area (Å²) in [6, 6.07) is 6.11. The molecule has 3 rings (SSSR count). The van der Waals surface area contributed by atoms with Gasteiger partial charge in [0.2, 0.25) is 0 Å². The molecule has 18 heavy (non-hydrogen) atoms. The molecule has 0 radical (unpaired) electrons. The van der Waals surface area contributed by atoms with Crippen LogP contribution in [0.25, 0.3) is 16.7 Å². The Kier molecular flexibility index (Phi) is 2.26. The maximum absolute atomic E-state index is 5.81. The number of hydrogen-bond acceptors (Lipinski definition) is 4. The average molecular weight is 239 g/mol. The van der Waals surface area contributed by atoms with Gasteiger partial charge in [-0.2, -0.15) is 5.10 Å². The minimum Gasteiger partial charge on any atom is -0.383 e. The Morgan fingerprint density at radius 3 is 2.83 bits per heavy atom. The Morgan fingerprint density at radius 1 is 1.17 bits per heavy atom. The predicted octanol–water partition coefficient (Wildman–Crippen LogP) is 2.01. The van der Waals surface area contributed by atoms with E-state index in [9.17, 15) is 0 Å². The van der Waals surface area contributed by atoms with Gasteiger partial charge in [-0.25, -0.2) is 14.6 Å². The van der Waals surface area contributed by atoms with Crippen LogP contribution in [0.3, 0.4) is 0 Å². The molecule has 90 valence electrons. The molecule has 5 nitrogen and oxygen atoms in total. The maximum Gasteiger partial charge on any atom is 0.168 e. The molecule has 0 aliphatic rings. The molecular weight excluding hydrogens is 226 g/mol. The van der Waals surface area contributed by atoms with E-state index in [1.807, 2.05) is 12.1 Å². The van der Waals surface area contributed by atoms with Crippen LogP contribution in [0.5, 0.6) is 0 Å². The maximum atomic E-state index is 5.81. The van der Waals surface area contributed by atoms with Gasteiger partial charge in [-0.15, -0.1) is 0 Å². The molecule has 2 N–H and O–H groups in total. The third-order valence-corrected chi connectivity index (χ3v) is 3.20. The highest BCUT2D eigenvalue weighted by molar-refractivity contribution is 5.85. The first-order chi connectivity index (χ1) is 8.68. The molecule has 0 atom stereocenters. The van der Waals surface area contributed by atoms with Crippen molar-refractivity contribution in [2.45, 2.75) is 13.8 Å². The van der Waals surface area contributed by atoms with Crippen molar-refractivity contribution in [3.05, 3.63) is 41.9 Å². The van der Waals surface area contributed by atoms with Crippen LogP contribution in [-0.4, -0.2) is 19.7 Å². The number of anilines is 1. The lowest BCUT2D eigenvalue weighted by atomic mass is 10.1. The van der Waals surface area contributed by atoms with Gasteiger partial charge in [0.1, 0.15) is 12.1 Å². The second-order valence-corrected chi connectivity index (χ2v) is 4.27. The molecule has 0 spiro atoms. The molecule has 0 aliphatic heterocycles. The molecular formula is C13H13N5. The number of nitrogens with zero attached hydrogens (tertiary/aromatic N) is 4. The van der Waals surface area contributed by atoms with Crippen molar-refractivity contribution in [2.24, 2.45) is 0 Å². The van der Waals surface area contributed by atoms with Crippen LogP contribution < -0.4 is 5.73 Å². The van der Waals surface area contributed by atoms with Crippen LogP contribution in [0.15, 0.2) is 30.7 Å². The van der Waals surface area contributed by atoms with Crippen molar-refractivity contribution in [1.82, 2.24) is 19.7 Å². The Hall–Kier alpha value is -2.43. The van der Waals surface area contributed by atoms with Crippen molar-refractivity contribution in [1.29, 1.82) is 0 Å². The lowest BCUT2D eigenvalue weighted by molar-refractivity contribution is 0.885. The molecule has 2 aromatic heterocycles. The first kappa shape index (κ1) is 10.7. The third kappa shape index (κ3) is 1.44. The smallest absolute Gasteiger partial charge is 0.168 e. The van der Waals surface area contributed by atoms with Gasteiger partial charge in [0.25, 0.3) is 0 Å². The molecule has 0 amide bonds. The van der Waals surface area contributed by atoms with Gasteiger partial charge >= 0.3 is 0 Å². The highest BCUT2D eigenvalue weighted by Gasteiger charge is 2.11. The quantitative estimate of drug-likeness (QED) is 0.705. The topological polar surface area (TPSA) is 69.6 Å². The van der Waals surface area contributed by atoms with Gasteiger partial charge in [0.15, 0.2) is 5.65 Å². The first-order valence-electron chi connectivity index (χ1n) is 5.69. The summed E-state index contributed by atoms with van der Waals surface area (Å²) in [5, 5.41) is 5.14. The van der Waals surface area contributed by atoms with Crippen LogP contribution in [0.2, 0.25) is 0 Å². The van der Waals surface area contributed by atoms with Crippen LogP contribution >= 0.6 is 0 Å². The highest BCUT2D eigenvalue weighted by Crippen LogP contribution is 2.22. The molecule has 5 heteroatoms. The second-order valence-electron chi connectivity index (χ2n) is 4.27. The van der Waals surface area contributed by atoms with E-state index in [0.29, 0.717) is 5.82 Å². The Labute approximate surface area is 104 Å². The number of benzene rings is 1. The predicted molar refractivity (Wildman–Crippen MR) is 70.5 cm³/mol. The van der Waals surface area contributed by atoms with Gasteiger partial charge in [0.05, 0.1) is 17.3 Å². The molecule has 1 aromatic carbocycles. The molecule has 0 saturated heterocycles. The number of rotatable bonds is 1. The van der Waals surface area contributed by atoms with Crippen LogP contribution in [0.4, 0.5) is 5.82 Å². The Morgan fingerprint density at radius 2 is 2.00 bits per heavy atom. The molecule has 0 unspecified atom stereocenters. The summed E-state index contributed by atoms with van der Waals surface area (Å²) in [5.41, 5.74) is 9.96. The SMILES string of the molecule is Cc1cccc(-n2ncc3c(N)ncnc32)c1C. The fourth-order valence-electron chi connectivity index (χ4n) is 2.00. The van der Waals surface area contributed by atoms with Crippen molar-refractivity contribution in [2.75, 3.05) is 5.73 Å². The van der Waals surface area contributed by atoms with Crippen molar-refractivity contribution in [3.8, 4) is 5.69 Å². The summed E-state index contributed by atoms with van der Waals surface area (Å²) < 4.78 is 1.80. The molecule has 0 bridgehead atoms. The largest absolute Gasteiger partial charge is 0.383 e. The number of aromatic nitrogens is 4. The van der Waals surface area contributed by atoms with Gasteiger partial charge < -0.3 is 5.73 Å². The zero-order valence-electron chi connectivity index (χ0n) is 10.3. The number of fused-ring (bicyclic) bond motifs is 1. The van der Waals surface area contributed by atoms with Crippen molar-refractivity contribution in [3.63, 3.8) is 0 Å². The number of nitrogens with two attached hydrogens (primary N) is 1. The van der Waals surface area contributed by atoms with E-state index in [1.54, 1.807) is 10.9 Å². The number of hydrogen-bond donors (Lipinski definition) is 1. The summed E-state index contributed by atoms with van der Waals surface area (Å²) >= 11 is 0. The normalized spacial score (nSPS) is 11.0. The minimum atomic E-state index is 0.455. The minimum absolute atomic E-state index is 0.455. The Balaban J connectivity index is 2.33. The second kappa shape index (κ2) is 3.80. The molecule has 0 fully saturated rings. The van der Waals surface area contributed by atoms with Gasteiger partial charge in [0, 0.05) is 0 Å². The van der Waals surface area contributed by atoms with E-state index in [1.165, 1.54) is 17.5 Å². The fourth-order valence-corrected chi connectivity index (χ4v) is 2.00. The van der Waals surface area contributed by atoms with Gasteiger partial charge in [-0.1, -0.05) is 12.1 Å². The zero-order valence-corrected chi connectivity index (χ0v) is 10.3. The Bertz CT molecular complexity index is 729. The standard InChI is InChI=1S/C13H13N5/c1-8-4-3-5-11(9(8)2)18-13-10(6-17-18)12(14)15-7-16-13/h3-7H,1-2H3,(H2,14,15,16). The van der Waals surface area contributed by atoms with Gasteiger partial charge in [-0.3, -0.25) is 0 Å². The number of nitrogen functional groups attached to an aromatic ring is 1. The van der Waals surface area contributed by atoms with E-state index in [-0.39, 0.29) is 0 Å². The van der Waals surface area contributed by atoms with Gasteiger partial charge in [-0.05, 0) is 31.0 Å².